The molecule has 0 unspecified atom stereocenters. The molecule has 0 bridgehead atoms. The highest BCUT2D eigenvalue weighted by Crippen LogP contribution is 2.24. The fourth-order valence-electron chi connectivity index (χ4n) is 3.48. The van der Waals surface area contributed by atoms with Crippen LogP contribution in [0.25, 0.3) is 0 Å². The van der Waals surface area contributed by atoms with E-state index < -0.39 is 22.8 Å². The summed E-state index contributed by atoms with van der Waals surface area (Å²) in [5.41, 5.74) is -0.790. The number of ether oxygens (including phenoxy) is 1. The molecule has 0 saturated heterocycles. The number of aromatic amines is 1. The Bertz CT molecular complexity index is 1560. The third kappa shape index (κ3) is 5.72. The van der Waals surface area contributed by atoms with E-state index in [9.17, 15) is 18.8 Å². The number of hydrogen-bond donors (Lipinski definition) is 2. The summed E-state index contributed by atoms with van der Waals surface area (Å²) >= 11 is 5.98. The van der Waals surface area contributed by atoms with Gasteiger partial charge in [-0.2, -0.15) is 4.98 Å². The molecule has 2 aromatic carbocycles. The topological polar surface area (TPSA) is 111 Å². The summed E-state index contributed by atoms with van der Waals surface area (Å²) in [5, 5.41) is 3.38. The summed E-state index contributed by atoms with van der Waals surface area (Å²) in [6.07, 6.45) is 1.24. The van der Waals surface area contributed by atoms with Crippen molar-refractivity contribution in [1.29, 1.82) is 0 Å². The molecule has 0 aliphatic heterocycles. The van der Waals surface area contributed by atoms with Crippen molar-refractivity contribution in [2.24, 2.45) is 0 Å². The Morgan fingerprint density at radius 2 is 1.81 bits per heavy atom. The minimum atomic E-state index is -0.863. The Morgan fingerprint density at radius 3 is 2.47 bits per heavy atom. The predicted molar refractivity (Wildman–Crippen MR) is 135 cm³/mol. The van der Waals surface area contributed by atoms with Gasteiger partial charge < -0.3 is 15.0 Å². The molecule has 4 rings (SSSR count). The van der Waals surface area contributed by atoms with Crippen molar-refractivity contribution in [3.8, 4) is 5.75 Å². The monoisotopic (exact) mass is 511 g/mol. The Kier molecular flexibility index (Phi) is 7.35. The van der Waals surface area contributed by atoms with Gasteiger partial charge in [-0.05, 0) is 49.7 Å². The van der Waals surface area contributed by atoms with Crippen LogP contribution in [0.15, 0.2) is 75.2 Å². The number of H-pyrrole nitrogens is 1. The van der Waals surface area contributed by atoms with E-state index >= 15 is 0 Å². The number of benzene rings is 2. The van der Waals surface area contributed by atoms with Gasteiger partial charge in [0.2, 0.25) is 5.95 Å². The largest absolute Gasteiger partial charge is 0.488 e. The minimum absolute atomic E-state index is 0.0355. The first-order valence-electron chi connectivity index (χ1n) is 11.1. The summed E-state index contributed by atoms with van der Waals surface area (Å²) in [6.45, 7) is 3.33. The standard InChI is InChI=1S/C25H23ClFN5O4/c1-15(2)36-21-10-9-19(12-20(21)27)29-23-30-24(34)32(14-17-4-3-11-28-22(17)33)25(35)31(23)13-16-5-7-18(26)8-6-16/h3-12,15H,13-14H2,1-2H3,(H,28,33)(H,29,30,34). The van der Waals surface area contributed by atoms with Crippen LogP contribution < -0.4 is 27.0 Å². The number of anilines is 2. The first-order chi connectivity index (χ1) is 17.2. The van der Waals surface area contributed by atoms with Crippen LogP contribution in [-0.2, 0) is 13.1 Å². The first-order valence-corrected chi connectivity index (χ1v) is 11.4. The Morgan fingerprint density at radius 1 is 1.06 bits per heavy atom. The van der Waals surface area contributed by atoms with Gasteiger partial charge >= 0.3 is 11.4 Å². The zero-order chi connectivity index (χ0) is 25.8. The van der Waals surface area contributed by atoms with Crippen molar-refractivity contribution in [3.05, 3.63) is 114 Å². The number of aromatic nitrogens is 4. The lowest BCUT2D eigenvalue weighted by atomic mass is 10.2. The number of pyridine rings is 1. The lowest BCUT2D eigenvalue weighted by Crippen LogP contribution is -2.43. The van der Waals surface area contributed by atoms with Crippen LogP contribution in [0, 0.1) is 5.82 Å². The number of hydrogen-bond acceptors (Lipinski definition) is 6. The highest BCUT2D eigenvalue weighted by molar-refractivity contribution is 6.30. The quantitative estimate of drug-likeness (QED) is 0.374. The normalized spacial score (nSPS) is 11.0. The van der Waals surface area contributed by atoms with E-state index in [0.29, 0.717) is 10.6 Å². The molecule has 0 aliphatic rings. The Labute approximate surface area is 209 Å². The van der Waals surface area contributed by atoms with Gasteiger partial charge in [0.25, 0.3) is 5.56 Å². The molecule has 2 aromatic heterocycles. The smallest absolute Gasteiger partial charge is 0.355 e. The van der Waals surface area contributed by atoms with Crippen LogP contribution in [0.4, 0.5) is 16.0 Å². The molecule has 2 heterocycles. The molecule has 11 heteroatoms. The second kappa shape index (κ2) is 10.6. The highest BCUT2D eigenvalue weighted by Gasteiger charge is 2.16. The number of nitrogens with zero attached hydrogens (tertiary/aromatic N) is 3. The molecule has 9 nitrogen and oxygen atoms in total. The molecular weight excluding hydrogens is 489 g/mol. The summed E-state index contributed by atoms with van der Waals surface area (Å²) in [7, 11) is 0. The lowest BCUT2D eigenvalue weighted by molar-refractivity contribution is 0.231. The maximum Gasteiger partial charge on any atom is 0.355 e. The van der Waals surface area contributed by atoms with E-state index in [1.54, 1.807) is 50.2 Å². The average molecular weight is 512 g/mol. The van der Waals surface area contributed by atoms with E-state index in [-0.39, 0.29) is 42.1 Å². The second-order valence-corrected chi connectivity index (χ2v) is 8.70. The fourth-order valence-corrected chi connectivity index (χ4v) is 3.61. The van der Waals surface area contributed by atoms with E-state index in [0.717, 1.165) is 4.57 Å². The fraction of sp³-hybridized carbons (Fsp3) is 0.200. The van der Waals surface area contributed by atoms with Crippen molar-refractivity contribution in [2.45, 2.75) is 33.0 Å². The minimum Gasteiger partial charge on any atom is -0.488 e. The molecule has 0 fully saturated rings. The number of rotatable bonds is 8. The molecular formula is C25H23ClFN5O4. The van der Waals surface area contributed by atoms with Crippen molar-refractivity contribution < 1.29 is 9.13 Å². The molecule has 0 radical (unpaired) electrons. The predicted octanol–water partition coefficient (Wildman–Crippen LogP) is 3.51. The molecule has 2 N–H and O–H groups in total. The average Bonchev–Trinajstić information content (AvgIpc) is 2.83. The maximum absolute atomic E-state index is 14.5. The van der Waals surface area contributed by atoms with Crippen LogP contribution in [0.3, 0.4) is 0 Å². The maximum atomic E-state index is 14.5. The van der Waals surface area contributed by atoms with Crippen molar-refractivity contribution in [3.63, 3.8) is 0 Å². The van der Waals surface area contributed by atoms with Gasteiger partial charge in [0, 0.05) is 28.5 Å². The van der Waals surface area contributed by atoms with Gasteiger partial charge in [-0.15, -0.1) is 0 Å². The molecule has 0 amide bonds. The van der Waals surface area contributed by atoms with Crippen LogP contribution in [0.2, 0.25) is 5.02 Å². The Hall–Kier alpha value is -4.18. The lowest BCUT2D eigenvalue weighted by Gasteiger charge is -2.16. The van der Waals surface area contributed by atoms with Crippen LogP contribution in [-0.4, -0.2) is 25.2 Å². The van der Waals surface area contributed by atoms with E-state index in [1.165, 1.54) is 29.0 Å². The SMILES string of the molecule is CC(C)Oc1ccc(Nc2nc(=O)n(Cc3ccc[nH]c3=O)c(=O)n2Cc2ccc(Cl)cc2)cc1F. The number of nitrogens with one attached hydrogen (secondary N) is 2. The third-order valence-electron chi connectivity index (χ3n) is 5.18. The molecule has 36 heavy (non-hydrogen) atoms. The van der Waals surface area contributed by atoms with Gasteiger partial charge in [0.05, 0.1) is 19.2 Å². The molecule has 186 valence electrons. The van der Waals surface area contributed by atoms with E-state index in [2.05, 4.69) is 15.3 Å². The van der Waals surface area contributed by atoms with Gasteiger partial charge in [-0.1, -0.05) is 29.8 Å². The zero-order valence-corrected chi connectivity index (χ0v) is 20.3. The summed E-state index contributed by atoms with van der Waals surface area (Å²) in [5.74, 6) is -0.627. The number of halogens is 2. The molecule has 0 atom stereocenters. The van der Waals surface area contributed by atoms with Gasteiger partial charge in [-0.25, -0.2) is 18.5 Å². The molecule has 4 aromatic rings. The van der Waals surface area contributed by atoms with Gasteiger partial charge in [0.1, 0.15) is 0 Å². The summed E-state index contributed by atoms with van der Waals surface area (Å²) in [6, 6.07) is 14.1. The van der Waals surface area contributed by atoms with E-state index in [4.69, 9.17) is 16.3 Å². The van der Waals surface area contributed by atoms with Crippen molar-refractivity contribution in [1.82, 2.24) is 19.1 Å². The van der Waals surface area contributed by atoms with Crippen LogP contribution in [0.1, 0.15) is 25.0 Å². The highest BCUT2D eigenvalue weighted by atomic mass is 35.5. The first kappa shape index (κ1) is 24.9. The summed E-state index contributed by atoms with van der Waals surface area (Å²) in [4.78, 5) is 44.9. The Balaban J connectivity index is 1.77. The van der Waals surface area contributed by atoms with Gasteiger partial charge in [0.15, 0.2) is 11.6 Å². The van der Waals surface area contributed by atoms with Crippen LogP contribution >= 0.6 is 11.6 Å². The van der Waals surface area contributed by atoms with Gasteiger partial charge in [-0.3, -0.25) is 9.36 Å². The second-order valence-electron chi connectivity index (χ2n) is 8.26. The van der Waals surface area contributed by atoms with Crippen molar-refractivity contribution >= 4 is 23.2 Å². The molecule has 0 saturated carbocycles. The molecule has 0 spiro atoms. The third-order valence-corrected chi connectivity index (χ3v) is 5.43. The van der Waals surface area contributed by atoms with Crippen molar-refractivity contribution in [2.75, 3.05) is 5.32 Å². The zero-order valence-electron chi connectivity index (χ0n) is 19.5. The van der Waals surface area contributed by atoms with E-state index in [1.807, 2.05) is 0 Å². The van der Waals surface area contributed by atoms with Crippen LogP contribution in [0.5, 0.6) is 5.75 Å². The molecule has 0 aliphatic carbocycles. The summed E-state index contributed by atoms with van der Waals surface area (Å²) < 4.78 is 22.1.